The summed E-state index contributed by atoms with van der Waals surface area (Å²) in [6.45, 7) is 3.99. The molecule has 0 saturated heterocycles. The molecule has 0 aromatic carbocycles. The maximum atomic E-state index is 13.5. The van der Waals surface area contributed by atoms with E-state index in [0.29, 0.717) is 18.0 Å². The summed E-state index contributed by atoms with van der Waals surface area (Å²) in [6.07, 6.45) is -1.13. The molecule has 0 bridgehead atoms. The van der Waals surface area contributed by atoms with Crippen molar-refractivity contribution >= 4 is 11.4 Å². The van der Waals surface area contributed by atoms with Crippen LogP contribution in [-0.2, 0) is 12.6 Å². The van der Waals surface area contributed by atoms with Crippen molar-refractivity contribution in [2.24, 2.45) is 0 Å². The molecule has 1 atom stereocenters. The van der Waals surface area contributed by atoms with Crippen LogP contribution in [0.4, 0.5) is 13.2 Å². The van der Waals surface area contributed by atoms with Gasteiger partial charge in [0.05, 0.1) is 28.8 Å². The highest BCUT2D eigenvalue weighted by molar-refractivity contribution is 5.90. The van der Waals surface area contributed by atoms with Crippen molar-refractivity contribution < 1.29 is 22.4 Å². The molecule has 1 aliphatic heterocycles. The van der Waals surface area contributed by atoms with Gasteiger partial charge >= 0.3 is 18.0 Å². The predicted molar refractivity (Wildman–Crippen MR) is 104 cm³/mol. The van der Waals surface area contributed by atoms with Crippen LogP contribution in [0.5, 0.6) is 0 Å². The van der Waals surface area contributed by atoms with Crippen molar-refractivity contribution in [2.75, 3.05) is 6.54 Å². The number of alkyl halides is 3. The third kappa shape index (κ3) is 3.22. The molecule has 5 rings (SSSR count). The number of nitrogens with one attached hydrogen (secondary N) is 1. The molecule has 32 heavy (non-hydrogen) atoms. The van der Waals surface area contributed by atoms with E-state index in [1.807, 2.05) is 13.8 Å². The molecule has 9 nitrogen and oxygen atoms in total. The van der Waals surface area contributed by atoms with Crippen LogP contribution in [0.15, 0.2) is 35.1 Å². The largest absolute Gasteiger partial charge is 0.418 e. The molecular weight excluding hydrogens is 427 g/mol. The first-order chi connectivity index (χ1) is 15.2. The standard InChI is InChI=1S/C20H18F3N7O2/c1-10(2)17-26-27-18(32-17)19(31)29-7-5-12-15(25-9-24-12)16(29)13-8-14-11(20(21,22)23)4-3-6-30(14)28-13/h3-4,6,8-10,16H,5,7H2,1-2H3,(H,24,25). The highest BCUT2D eigenvalue weighted by Crippen LogP contribution is 2.37. The lowest BCUT2D eigenvalue weighted by atomic mass is 9.99. The van der Waals surface area contributed by atoms with Gasteiger partial charge in [0.15, 0.2) is 0 Å². The number of nitrogens with zero attached hydrogens (tertiary/aromatic N) is 6. The summed E-state index contributed by atoms with van der Waals surface area (Å²) in [6, 6.07) is 2.80. The summed E-state index contributed by atoms with van der Waals surface area (Å²) < 4.78 is 47.2. The van der Waals surface area contributed by atoms with Crippen LogP contribution in [0, 0.1) is 0 Å². The molecule has 0 fully saturated rings. The van der Waals surface area contributed by atoms with Crippen LogP contribution >= 0.6 is 0 Å². The summed E-state index contributed by atoms with van der Waals surface area (Å²) in [4.78, 5) is 22.1. The third-order valence-electron chi connectivity index (χ3n) is 5.41. The second-order valence-electron chi connectivity index (χ2n) is 7.84. The Labute approximate surface area is 179 Å². The fraction of sp³-hybridized carbons (Fsp3) is 0.350. The monoisotopic (exact) mass is 445 g/mol. The average Bonchev–Trinajstić information content (AvgIpc) is 3.49. The highest BCUT2D eigenvalue weighted by Gasteiger charge is 2.39. The molecule has 5 heterocycles. The molecular formula is C20H18F3N7O2. The SMILES string of the molecule is CC(C)c1nnc(C(=O)N2CCc3[nH]cnc3C2c2cc3c(C(F)(F)F)cccn3n2)o1. The number of aromatic amines is 1. The quantitative estimate of drug-likeness (QED) is 0.518. The molecule has 166 valence electrons. The fourth-order valence-corrected chi connectivity index (χ4v) is 3.88. The topological polar surface area (TPSA) is 105 Å². The van der Waals surface area contributed by atoms with Gasteiger partial charge < -0.3 is 14.3 Å². The van der Waals surface area contributed by atoms with E-state index in [1.165, 1.54) is 29.6 Å². The highest BCUT2D eigenvalue weighted by atomic mass is 19.4. The zero-order valence-electron chi connectivity index (χ0n) is 17.1. The number of rotatable bonds is 3. The molecule has 0 radical (unpaired) electrons. The summed E-state index contributed by atoms with van der Waals surface area (Å²) in [7, 11) is 0. The summed E-state index contributed by atoms with van der Waals surface area (Å²) in [5.41, 5.74) is 0.649. The van der Waals surface area contributed by atoms with Gasteiger partial charge in [0.25, 0.3) is 0 Å². The molecule has 12 heteroatoms. The van der Waals surface area contributed by atoms with Crippen molar-refractivity contribution in [2.45, 2.75) is 38.4 Å². The van der Waals surface area contributed by atoms with Crippen LogP contribution in [0.2, 0.25) is 0 Å². The number of hydrogen-bond acceptors (Lipinski definition) is 6. The number of H-pyrrole nitrogens is 1. The van der Waals surface area contributed by atoms with Crippen LogP contribution in [0.25, 0.3) is 5.52 Å². The summed E-state index contributed by atoms with van der Waals surface area (Å²) in [5.74, 6) is -0.447. The van der Waals surface area contributed by atoms with Crippen molar-refractivity contribution in [3.63, 3.8) is 0 Å². The van der Waals surface area contributed by atoms with Crippen LogP contribution in [-0.4, -0.2) is 47.1 Å². The number of aromatic nitrogens is 6. The number of fused-ring (bicyclic) bond motifs is 2. The maximum absolute atomic E-state index is 13.5. The second-order valence-corrected chi connectivity index (χ2v) is 7.84. The zero-order valence-corrected chi connectivity index (χ0v) is 17.1. The number of imidazole rings is 1. The smallest absolute Gasteiger partial charge is 0.417 e. The van der Waals surface area contributed by atoms with E-state index in [4.69, 9.17) is 4.42 Å². The minimum atomic E-state index is -4.55. The third-order valence-corrected chi connectivity index (χ3v) is 5.41. The average molecular weight is 445 g/mol. The number of amides is 1. The Bertz CT molecular complexity index is 1300. The van der Waals surface area contributed by atoms with Crippen LogP contribution in [0.3, 0.4) is 0 Å². The molecule has 0 spiro atoms. The maximum Gasteiger partial charge on any atom is 0.418 e. The van der Waals surface area contributed by atoms with E-state index in [-0.39, 0.29) is 29.6 Å². The van der Waals surface area contributed by atoms with Gasteiger partial charge in [0, 0.05) is 30.8 Å². The van der Waals surface area contributed by atoms with Gasteiger partial charge in [0.2, 0.25) is 5.89 Å². The molecule has 1 aliphatic rings. The number of carbonyl (C=O) groups is 1. The van der Waals surface area contributed by atoms with Crippen LogP contribution < -0.4 is 0 Å². The lowest BCUT2D eigenvalue weighted by Gasteiger charge is -2.32. The Balaban J connectivity index is 1.61. The lowest BCUT2D eigenvalue weighted by molar-refractivity contribution is -0.136. The van der Waals surface area contributed by atoms with Crippen molar-refractivity contribution in [1.82, 2.24) is 34.7 Å². The van der Waals surface area contributed by atoms with Gasteiger partial charge in [-0.05, 0) is 18.2 Å². The normalized spacial score (nSPS) is 16.7. The Hall–Kier alpha value is -3.70. The van der Waals surface area contributed by atoms with Crippen molar-refractivity contribution in [3.05, 3.63) is 65.1 Å². The minimum absolute atomic E-state index is 0.0571. The first-order valence-electron chi connectivity index (χ1n) is 9.96. The molecule has 4 aromatic rings. The van der Waals surface area contributed by atoms with Gasteiger partial charge in [-0.2, -0.15) is 18.3 Å². The summed E-state index contributed by atoms with van der Waals surface area (Å²) >= 11 is 0. The molecule has 1 amide bonds. The van der Waals surface area contributed by atoms with Crippen LogP contribution in [0.1, 0.15) is 65.0 Å². The van der Waals surface area contributed by atoms with Gasteiger partial charge in [-0.1, -0.05) is 13.8 Å². The number of hydrogen-bond donors (Lipinski definition) is 1. The van der Waals surface area contributed by atoms with E-state index >= 15 is 0 Å². The van der Waals surface area contributed by atoms with Gasteiger partial charge in [0.1, 0.15) is 6.04 Å². The van der Waals surface area contributed by atoms with Crippen molar-refractivity contribution in [3.8, 4) is 0 Å². The lowest BCUT2D eigenvalue weighted by Crippen LogP contribution is -2.41. The van der Waals surface area contributed by atoms with E-state index in [2.05, 4.69) is 25.3 Å². The number of pyridine rings is 1. The Morgan fingerprint density at radius 2 is 2.12 bits per heavy atom. The fourth-order valence-electron chi connectivity index (χ4n) is 3.88. The Morgan fingerprint density at radius 3 is 2.84 bits per heavy atom. The van der Waals surface area contributed by atoms with Gasteiger partial charge in [-0.3, -0.25) is 4.79 Å². The van der Waals surface area contributed by atoms with E-state index in [1.54, 1.807) is 0 Å². The first kappa shape index (κ1) is 20.2. The van der Waals surface area contributed by atoms with E-state index < -0.39 is 23.7 Å². The van der Waals surface area contributed by atoms with Gasteiger partial charge in [-0.15, -0.1) is 10.2 Å². The summed E-state index contributed by atoms with van der Waals surface area (Å²) in [5, 5.41) is 12.1. The van der Waals surface area contributed by atoms with Gasteiger partial charge in [-0.25, -0.2) is 9.50 Å². The molecule has 0 saturated carbocycles. The van der Waals surface area contributed by atoms with E-state index in [0.717, 1.165) is 16.3 Å². The Morgan fingerprint density at radius 1 is 1.31 bits per heavy atom. The number of carbonyl (C=O) groups excluding carboxylic acids is 1. The molecule has 0 aliphatic carbocycles. The minimum Gasteiger partial charge on any atom is -0.417 e. The first-order valence-corrected chi connectivity index (χ1v) is 9.96. The van der Waals surface area contributed by atoms with Crippen molar-refractivity contribution in [1.29, 1.82) is 0 Å². The van der Waals surface area contributed by atoms with E-state index in [9.17, 15) is 18.0 Å². The zero-order chi connectivity index (χ0) is 22.6. The molecule has 4 aromatic heterocycles. The number of halogens is 3. The molecule has 1 N–H and O–H groups in total. The predicted octanol–water partition coefficient (Wildman–Crippen LogP) is 3.37. The second kappa shape index (κ2) is 7.18. The Kier molecular flexibility index (Phi) is 4.53. The molecule has 1 unspecified atom stereocenters.